The second-order valence-corrected chi connectivity index (χ2v) is 10.8. The summed E-state index contributed by atoms with van der Waals surface area (Å²) in [5.41, 5.74) is 15.0. The Balaban J connectivity index is 1.16. The summed E-state index contributed by atoms with van der Waals surface area (Å²) >= 11 is 0. The average molecular weight is 586 g/mol. The van der Waals surface area contributed by atoms with Gasteiger partial charge in [-0.1, -0.05) is 42.5 Å². The number of benzene rings is 5. The quantitative estimate of drug-likeness (QED) is 0.113. The van der Waals surface area contributed by atoms with Crippen LogP contribution in [0.4, 0.5) is 5.69 Å². The van der Waals surface area contributed by atoms with Crippen LogP contribution in [0.15, 0.2) is 103 Å². The van der Waals surface area contributed by atoms with Gasteiger partial charge in [0, 0.05) is 51.1 Å². The lowest BCUT2D eigenvalue weighted by Gasteiger charge is -2.11. The Morgan fingerprint density at radius 1 is 0.636 bits per heavy atom. The predicted molar refractivity (Wildman–Crippen MR) is 179 cm³/mol. The number of nitrogens with two attached hydrogens (primary N) is 1. The Morgan fingerprint density at radius 2 is 1.34 bits per heavy atom. The summed E-state index contributed by atoms with van der Waals surface area (Å²) in [6, 6.07) is 36.0. The molecule has 2 heterocycles. The third-order valence-electron chi connectivity index (χ3n) is 8.02. The molecule has 5 aromatic carbocycles. The van der Waals surface area contributed by atoms with Gasteiger partial charge < -0.3 is 34.2 Å². The molecule has 0 atom stereocenters. The van der Waals surface area contributed by atoms with Crippen molar-refractivity contribution >= 4 is 49.3 Å². The van der Waals surface area contributed by atoms with E-state index in [1.54, 1.807) is 7.11 Å². The molecule has 7 rings (SSSR count). The first-order valence-corrected chi connectivity index (χ1v) is 14.9. The molecule has 0 unspecified atom stereocenters. The zero-order valence-electron chi connectivity index (χ0n) is 24.7. The molecule has 7 heteroatoms. The Kier molecular flexibility index (Phi) is 7.90. The molecule has 3 N–H and O–H groups in total. The van der Waals surface area contributed by atoms with Gasteiger partial charge in [-0.15, -0.1) is 0 Å². The van der Waals surface area contributed by atoms with Gasteiger partial charge >= 0.3 is 0 Å². The van der Waals surface area contributed by atoms with Crippen molar-refractivity contribution in [2.75, 3.05) is 52.5 Å². The minimum Gasteiger partial charge on any atom is -0.491 e. The lowest BCUT2D eigenvalue weighted by molar-refractivity contribution is 0.0180. The number of rotatable bonds is 12. The van der Waals surface area contributed by atoms with E-state index < -0.39 is 0 Å². The van der Waals surface area contributed by atoms with Gasteiger partial charge in [0.05, 0.1) is 49.6 Å². The van der Waals surface area contributed by atoms with Crippen LogP contribution >= 0.6 is 0 Å². The zero-order chi connectivity index (χ0) is 29.9. The number of hydrogen-bond donors (Lipinski definition) is 2. The lowest BCUT2D eigenvalue weighted by atomic mass is 9.99. The molecule has 2 aromatic heterocycles. The normalized spacial score (nSPS) is 11.8. The average Bonchev–Trinajstić information content (AvgIpc) is 3.59. The van der Waals surface area contributed by atoms with Crippen molar-refractivity contribution in [2.24, 2.45) is 0 Å². The van der Waals surface area contributed by atoms with Gasteiger partial charge in [0.2, 0.25) is 0 Å². The molecule has 0 amide bonds. The zero-order valence-corrected chi connectivity index (χ0v) is 24.7. The van der Waals surface area contributed by atoms with Gasteiger partial charge in [-0.05, 0) is 66.2 Å². The van der Waals surface area contributed by atoms with Crippen LogP contribution < -0.4 is 10.5 Å². The number of nitrogen functional groups attached to an aromatic ring is 1. The molecule has 0 aliphatic heterocycles. The molecule has 7 aromatic rings. The Morgan fingerprint density at radius 3 is 2.16 bits per heavy atom. The largest absolute Gasteiger partial charge is 0.491 e. The molecule has 0 saturated heterocycles. The van der Waals surface area contributed by atoms with E-state index in [4.69, 9.17) is 24.7 Å². The Bertz CT molecular complexity index is 2060. The van der Waals surface area contributed by atoms with E-state index in [-0.39, 0.29) is 0 Å². The van der Waals surface area contributed by atoms with Gasteiger partial charge in [-0.25, -0.2) is 0 Å². The smallest absolute Gasteiger partial charge is 0.119 e. The van der Waals surface area contributed by atoms with Crippen molar-refractivity contribution in [1.82, 2.24) is 9.55 Å². The molecule has 44 heavy (non-hydrogen) atoms. The van der Waals surface area contributed by atoms with Gasteiger partial charge in [-0.2, -0.15) is 0 Å². The molecule has 0 radical (unpaired) electrons. The number of ether oxygens (including phenoxy) is 4. The van der Waals surface area contributed by atoms with Crippen LogP contribution in [0.1, 0.15) is 0 Å². The van der Waals surface area contributed by atoms with Gasteiger partial charge in [0.1, 0.15) is 12.4 Å². The molecule has 7 nitrogen and oxygen atoms in total. The summed E-state index contributed by atoms with van der Waals surface area (Å²) in [6.45, 7) is 3.22. The summed E-state index contributed by atoms with van der Waals surface area (Å²) in [5, 5.41) is 4.70. The predicted octanol–water partition coefficient (Wildman–Crippen LogP) is 7.73. The van der Waals surface area contributed by atoms with E-state index in [9.17, 15) is 0 Å². The SMILES string of the molecule is COCCOCCOCCOc1ccc(-n2c3ccccc3c3cc(-c4cc(N)cc5c4[nH]c4ccccc45)ccc32)cc1. The van der Waals surface area contributed by atoms with E-state index in [0.717, 1.165) is 55.7 Å². The van der Waals surface area contributed by atoms with E-state index in [0.29, 0.717) is 39.6 Å². The first-order valence-electron chi connectivity index (χ1n) is 14.9. The number of nitrogens with one attached hydrogen (secondary N) is 1. The van der Waals surface area contributed by atoms with Crippen molar-refractivity contribution in [3.63, 3.8) is 0 Å². The number of aromatic amines is 1. The maximum atomic E-state index is 6.44. The number of nitrogens with zero attached hydrogens (tertiary/aromatic N) is 1. The van der Waals surface area contributed by atoms with Crippen LogP contribution in [0.2, 0.25) is 0 Å². The maximum Gasteiger partial charge on any atom is 0.119 e. The number of H-pyrrole nitrogens is 1. The minimum atomic E-state index is 0.475. The molecule has 0 fully saturated rings. The van der Waals surface area contributed by atoms with Gasteiger partial charge in [0.15, 0.2) is 0 Å². The van der Waals surface area contributed by atoms with E-state index in [1.807, 2.05) is 12.1 Å². The third kappa shape index (κ3) is 5.37. The molecule has 0 saturated carbocycles. The highest BCUT2D eigenvalue weighted by molar-refractivity contribution is 6.15. The standard InChI is InChI=1S/C37H35N3O4/c1-41-16-17-42-18-19-43-20-21-44-28-13-11-27(12-14-28)40-35-9-5-3-7-30(35)32-22-25(10-15-36(32)40)31-23-26(38)24-33-29-6-2-4-8-34(29)39-37(31)33/h2-15,22-24,39H,16-21,38H2,1H3. The van der Waals surface area contributed by atoms with Crippen LogP contribution in [-0.2, 0) is 14.2 Å². The molecule has 222 valence electrons. The summed E-state index contributed by atoms with van der Waals surface area (Å²) in [6.07, 6.45) is 0. The summed E-state index contributed by atoms with van der Waals surface area (Å²) in [4.78, 5) is 3.64. The van der Waals surface area contributed by atoms with Crippen molar-refractivity contribution in [3.8, 4) is 22.6 Å². The van der Waals surface area contributed by atoms with Crippen LogP contribution in [-0.4, -0.2) is 56.3 Å². The maximum absolute atomic E-state index is 6.44. The fourth-order valence-corrected chi connectivity index (χ4v) is 5.99. The number of anilines is 1. The Labute approximate surface area is 255 Å². The lowest BCUT2D eigenvalue weighted by Crippen LogP contribution is -2.12. The highest BCUT2D eigenvalue weighted by Crippen LogP contribution is 2.39. The topological polar surface area (TPSA) is 83.7 Å². The Hall–Kier alpha value is -4.82. The summed E-state index contributed by atoms with van der Waals surface area (Å²) < 4.78 is 24.2. The van der Waals surface area contributed by atoms with Crippen molar-refractivity contribution in [2.45, 2.75) is 0 Å². The number of para-hydroxylation sites is 2. The fourth-order valence-electron chi connectivity index (χ4n) is 5.99. The number of fused-ring (bicyclic) bond motifs is 6. The van der Waals surface area contributed by atoms with Crippen LogP contribution in [0, 0.1) is 0 Å². The number of methoxy groups -OCH3 is 1. The van der Waals surface area contributed by atoms with Crippen LogP contribution in [0.25, 0.3) is 60.4 Å². The van der Waals surface area contributed by atoms with Crippen LogP contribution in [0.3, 0.4) is 0 Å². The molecule has 0 aliphatic carbocycles. The van der Waals surface area contributed by atoms with E-state index >= 15 is 0 Å². The number of hydrogen-bond acceptors (Lipinski definition) is 5. The van der Waals surface area contributed by atoms with Crippen molar-refractivity contribution in [3.05, 3.63) is 103 Å². The van der Waals surface area contributed by atoms with E-state index in [1.165, 1.54) is 16.2 Å². The van der Waals surface area contributed by atoms with Crippen LogP contribution in [0.5, 0.6) is 5.75 Å². The molecule has 0 spiro atoms. The second kappa shape index (κ2) is 12.4. The summed E-state index contributed by atoms with van der Waals surface area (Å²) in [7, 11) is 1.66. The number of aromatic nitrogens is 2. The first-order chi connectivity index (χ1) is 21.7. The third-order valence-corrected chi connectivity index (χ3v) is 8.02. The highest BCUT2D eigenvalue weighted by Gasteiger charge is 2.16. The molecular formula is C37H35N3O4. The molecule has 0 aliphatic rings. The highest BCUT2D eigenvalue weighted by atomic mass is 16.6. The second-order valence-electron chi connectivity index (χ2n) is 10.8. The molecular weight excluding hydrogens is 550 g/mol. The van der Waals surface area contributed by atoms with Gasteiger partial charge in [0.25, 0.3) is 0 Å². The monoisotopic (exact) mass is 585 g/mol. The van der Waals surface area contributed by atoms with Crippen molar-refractivity contribution < 1.29 is 18.9 Å². The molecule has 0 bridgehead atoms. The van der Waals surface area contributed by atoms with E-state index in [2.05, 4.69) is 101 Å². The minimum absolute atomic E-state index is 0.475. The summed E-state index contributed by atoms with van der Waals surface area (Å²) in [5.74, 6) is 0.806. The van der Waals surface area contributed by atoms with Gasteiger partial charge in [-0.3, -0.25) is 0 Å². The first kappa shape index (κ1) is 28.0. The fraction of sp³-hybridized carbons (Fsp3) is 0.189. The van der Waals surface area contributed by atoms with Crippen molar-refractivity contribution in [1.29, 1.82) is 0 Å².